The number of hydrogen-bond acceptors (Lipinski definition) is 6. The first-order valence-corrected chi connectivity index (χ1v) is 13.2. The second kappa shape index (κ2) is 12.3. The number of rotatable bonds is 10. The summed E-state index contributed by atoms with van der Waals surface area (Å²) in [4.78, 5) is 34.0. The molecule has 3 atom stereocenters. The topological polar surface area (TPSA) is 93.2 Å². The quantitative estimate of drug-likeness (QED) is 0.216. The van der Waals surface area contributed by atoms with Gasteiger partial charge in [-0.05, 0) is 50.6 Å². The molecule has 192 valence electrons. The van der Waals surface area contributed by atoms with E-state index in [9.17, 15) is 9.59 Å². The number of nitrogens with one attached hydrogen (secondary N) is 2. The van der Waals surface area contributed by atoms with Crippen molar-refractivity contribution in [3.63, 3.8) is 0 Å². The number of ether oxygens (including phenoxy) is 1. The van der Waals surface area contributed by atoms with Crippen LogP contribution in [0, 0.1) is 18.8 Å². The van der Waals surface area contributed by atoms with Crippen LogP contribution in [-0.2, 0) is 19.7 Å². The number of benzene rings is 1. The zero-order valence-corrected chi connectivity index (χ0v) is 21.2. The van der Waals surface area contributed by atoms with Crippen LogP contribution < -0.4 is 10.6 Å². The molecule has 1 aromatic carbocycles. The predicted molar refractivity (Wildman–Crippen MR) is 140 cm³/mol. The highest BCUT2D eigenvalue weighted by atomic mass is 16.5. The van der Waals surface area contributed by atoms with Crippen LogP contribution in [0.3, 0.4) is 0 Å². The molecule has 2 aliphatic carbocycles. The number of hydrogen-bond donors (Lipinski definition) is 2. The molecule has 0 saturated heterocycles. The van der Waals surface area contributed by atoms with Crippen molar-refractivity contribution >= 4 is 17.7 Å². The van der Waals surface area contributed by atoms with Crippen molar-refractivity contribution in [3.8, 4) is 0 Å². The highest BCUT2D eigenvalue weighted by Gasteiger charge is 2.47. The Morgan fingerprint density at radius 2 is 1.89 bits per heavy atom. The molecular formula is C29H38N4O3. The van der Waals surface area contributed by atoms with Gasteiger partial charge in [-0.15, -0.1) is 6.58 Å². The van der Waals surface area contributed by atoms with Crippen LogP contribution in [0.4, 0.5) is 5.82 Å². The lowest BCUT2D eigenvalue weighted by atomic mass is 9.68. The summed E-state index contributed by atoms with van der Waals surface area (Å²) in [6.45, 7) is 6.68. The lowest BCUT2D eigenvalue weighted by Gasteiger charge is -2.44. The SMILES string of the molecule is C=CC1C[C@H](OC(=O)C2(c3ccccc3)CCCCCC2)C1CCNCC(=O)Nc1cc(C)ncn1. The van der Waals surface area contributed by atoms with Gasteiger partial charge in [0.05, 0.1) is 12.0 Å². The number of esters is 1. The molecule has 2 aromatic rings. The van der Waals surface area contributed by atoms with Crippen LogP contribution in [0.1, 0.15) is 62.6 Å². The van der Waals surface area contributed by atoms with Crippen molar-refractivity contribution in [1.82, 2.24) is 15.3 Å². The van der Waals surface area contributed by atoms with Gasteiger partial charge in [-0.3, -0.25) is 9.59 Å². The molecule has 2 N–H and O–H groups in total. The summed E-state index contributed by atoms with van der Waals surface area (Å²) in [7, 11) is 0. The maximum absolute atomic E-state index is 13.7. The first kappa shape index (κ1) is 26.0. The Kier molecular flexibility index (Phi) is 8.86. The maximum Gasteiger partial charge on any atom is 0.316 e. The second-order valence-electron chi connectivity index (χ2n) is 10.2. The van der Waals surface area contributed by atoms with E-state index >= 15 is 0 Å². The number of amides is 1. The smallest absolute Gasteiger partial charge is 0.316 e. The molecule has 2 aliphatic rings. The number of anilines is 1. The number of carbonyl (C=O) groups is 2. The van der Waals surface area contributed by atoms with Crippen molar-refractivity contribution in [2.75, 3.05) is 18.4 Å². The van der Waals surface area contributed by atoms with E-state index in [-0.39, 0.29) is 30.4 Å². The van der Waals surface area contributed by atoms with Crippen molar-refractivity contribution in [3.05, 3.63) is 66.6 Å². The van der Waals surface area contributed by atoms with Crippen LogP contribution >= 0.6 is 0 Å². The number of nitrogens with zero attached hydrogens (tertiary/aromatic N) is 2. The summed E-state index contributed by atoms with van der Waals surface area (Å²) in [5.74, 6) is 0.816. The van der Waals surface area contributed by atoms with Gasteiger partial charge in [-0.2, -0.15) is 0 Å². The fraction of sp³-hybridized carbons (Fsp3) is 0.517. The standard InChI is InChI=1S/C29H38N4O3/c1-3-22-18-25(24(22)13-16-30-19-27(34)33-26-17-21(2)31-20-32-26)36-28(35)29(14-9-4-5-10-15-29)23-11-7-6-8-12-23/h3,6-8,11-12,17,20,22,24-25,30H,1,4-5,9-10,13-16,18-19H2,2H3,(H,31,32,33,34)/t22?,24?,25-/m0/s1. The summed E-state index contributed by atoms with van der Waals surface area (Å²) in [6, 6.07) is 11.9. The third-order valence-electron chi connectivity index (χ3n) is 7.78. The molecule has 1 amide bonds. The molecule has 1 aromatic heterocycles. The maximum atomic E-state index is 13.7. The molecule has 2 fully saturated rings. The molecule has 0 bridgehead atoms. The second-order valence-corrected chi connectivity index (χ2v) is 10.2. The van der Waals surface area contributed by atoms with Crippen molar-refractivity contribution in [1.29, 1.82) is 0 Å². The van der Waals surface area contributed by atoms with Crippen LogP contribution in [0.25, 0.3) is 0 Å². The summed E-state index contributed by atoms with van der Waals surface area (Å²) < 4.78 is 6.24. The highest BCUT2D eigenvalue weighted by Crippen LogP contribution is 2.44. The molecule has 7 nitrogen and oxygen atoms in total. The molecule has 0 aliphatic heterocycles. The van der Waals surface area contributed by atoms with Crippen molar-refractivity contribution in [2.24, 2.45) is 11.8 Å². The van der Waals surface area contributed by atoms with Crippen molar-refractivity contribution < 1.29 is 14.3 Å². The lowest BCUT2D eigenvalue weighted by Crippen LogP contribution is -2.48. The van der Waals surface area contributed by atoms with Gasteiger partial charge >= 0.3 is 5.97 Å². The van der Waals surface area contributed by atoms with Gasteiger partial charge in [0.1, 0.15) is 18.2 Å². The Balaban J connectivity index is 1.31. The number of aromatic nitrogens is 2. The minimum absolute atomic E-state index is 0.0689. The van der Waals surface area contributed by atoms with Crippen LogP contribution in [0.5, 0.6) is 0 Å². The predicted octanol–water partition coefficient (Wildman–Crippen LogP) is 4.73. The van der Waals surface area contributed by atoms with Gasteiger partial charge in [0.2, 0.25) is 5.91 Å². The van der Waals surface area contributed by atoms with Gasteiger partial charge in [-0.1, -0.05) is 62.1 Å². The van der Waals surface area contributed by atoms with Gasteiger partial charge < -0.3 is 15.4 Å². The fourth-order valence-electron chi connectivity index (χ4n) is 5.63. The molecule has 4 rings (SSSR count). The Morgan fingerprint density at radius 1 is 1.14 bits per heavy atom. The number of carbonyl (C=O) groups excluding carboxylic acids is 2. The average molecular weight is 491 g/mol. The summed E-state index contributed by atoms with van der Waals surface area (Å²) in [5.41, 5.74) is 1.34. The summed E-state index contributed by atoms with van der Waals surface area (Å²) in [5, 5.41) is 5.99. The Bertz CT molecular complexity index is 1030. The summed E-state index contributed by atoms with van der Waals surface area (Å²) in [6.07, 6.45) is 11.1. The monoisotopic (exact) mass is 490 g/mol. The number of allylic oxidation sites excluding steroid dienone is 1. The van der Waals surface area contributed by atoms with E-state index in [2.05, 4.69) is 39.3 Å². The van der Waals surface area contributed by atoms with Crippen LogP contribution in [0.2, 0.25) is 0 Å². The Morgan fingerprint density at radius 3 is 2.58 bits per heavy atom. The largest absolute Gasteiger partial charge is 0.461 e. The van der Waals surface area contributed by atoms with Gasteiger partial charge in [0.25, 0.3) is 0 Å². The van der Waals surface area contributed by atoms with E-state index in [0.29, 0.717) is 18.3 Å². The van der Waals surface area contributed by atoms with Gasteiger partial charge in [0.15, 0.2) is 0 Å². The van der Waals surface area contributed by atoms with E-state index in [4.69, 9.17) is 4.74 Å². The Hall–Kier alpha value is -3.06. The van der Waals surface area contributed by atoms with Gasteiger partial charge in [0, 0.05) is 17.7 Å². The molecule has 0 spiro atoms. The molecule has 0 radical (unpaired) electrons. The first-order valence-electron chi connectivity index (χ1n) is 13.2. The molecule has 7 heteroatoms. The third-order valence-corrected chi connectivity index (χ3v) is 7.78. The molecule has 2 saturated carbocycles. The fourth-order valence-corrected chi connectivity index (χ4v) is 5.63. The third kappa shape index (κ3) is 6.19. The first-order chi connectivity index (χ1) is 17.5. The number of aryl methyl sites for hydroxylation is 1. The van der Waals surface area contributed by atoms with E-state index < -0.39 is 5.41 Å². The van der Waals surface area contributed by atoms with Crippen molar-refractivity contribution in [2.45, 2.75) is 69.8 Å². The summed E-state index contributed by atoms with van der Waals surface area (Å²) >= 11 is 0. The average Bonchev–Trinajstić information content (AvgIpc) is 3.14. The minimum atomic E-state index is -0.544. The van der Waals surface area contributed by atoms with Gasteiger partial charge in [-0.25, -0.2) is 9.97 Å². The van der Waals surface area contributed by atoms with Crippen LogP contribution in [0.15, 0.2) is 55.4 Å². The minimum Gasteiger partial charge on any atom is -0.461 e. The lowest BCUT2D eigenvalue weighted by molar-refractivity contribution is -0.169. The van der Waals surface area contributed by atoms with E-state index in [1.165, 1.54) is 19.2 Å². The molecular weight excluding hydrogens is 452 g/mol. The van der Waals surface area contributed by atoms with E-state index in [0.717, 1.165) is 49.8 Å². The van der Waals surface area contributed by atoms with Crippen LogP contribution in [-0.4, -0.2) is 41.0 Å². The van der Waals surface area contributed by atoms with E-state index in [1.807, 2.05) is 31.2 Å². The molecule has 2 unspecified atom stereocenters. The zero-order chi connectivity index (χ0) is 25.4. The zero-order valence-electron chi connectivity index (χ0n) is 21.2. The highest BCUT2D eigenvalue weighted by molar-refractivity contribution is 5.91. The van der Waals surface area contributed by atoms with E-state index in [1.54, 1.807) is 6.07 Å². The molecule has 1 heterocycles. The normalized spacial score (nSPS) is 23.1. The Labute approximate surface area is 214 Å². The molecule has 36 heavy (non-hydrogen) atoms.